The van der Waals surface area contributed by atoms with Gasteiger partial charge in [0.2, 0.25) is 0 Å². The second-order valence-electron chi connectivity index (χ2n) is 7.41. The molecular weight excluding hydrogens is 407 g/mol. The normalized spacial score (nSPS) is 16.9. The number of benzene rings is 1. The van der Waals surface area contributed by atoms with Crippen molar-refractivity contribution in [3.05, 3.63) is 46.5 Å². The Labute approximate surface area is 176 Å². The number of pyridine rings is 1. The molecule has 4 aromatic rings. The quantitative estimate of drug-likeness (QED) is 0.506. The van der Waals surface area contributed by atoms with Gasteiger partial charge in [-0.1, -0.05) is 11.6 Å². The van der Waals surface area contributed by atoms with Crippen LogP contribution in [0, 0.1) is 24.1 Å². The molecule has 7 nitrogen and oxygen atoms in total. The number of nitrogen functional groups attached to an aromatic ring is 1. The van der Waals surface area contributed by atoms with Gasteiger partial charge in [-0.3, -0.25) is 4.57 Å². The van der Waals surface area contributed by atoms with Gasteiger partial charge in [0.1, 0.15) is 28.9 Å². The summed E-state index contributed by atoms with van der Waals surface area (Å²) in [6.45, 7) is 2.32. The number of anilines is 1. The molecule has 5 rings (SSSR count). The van der Waals surface area contributed by atoms with Gasteiger partial charge in [0.05, 0.1) is 22.4 Å². The van der Waals surface area contributed by atoms with Crippen molar-refractivity contribution >= 4 is 39.4 Å². The van der Waals surface area contributed by atoms with Gasteiger partial charge in [-0.15, -0.1) is 0 Å². The summed E-state index contributed by atoms with van der Waals surface area (Å²) in [5.41, 5.74) is 8.53. The van der Waals surface area contributed by atoms with Gasteiger partial charge < -0.3 is 10.5 Å². The van der Waals surface area contributed by atoms with E-state index in [1.807, 2.05) is 0 Å². The lowest BCUT2D eigenvalue weighted by Crippen LogP contribution is -2.19. The van der Waals surface area contributed by atoms with Crippen LogP contribution >= 0.6 is 11.6 Å². The molecule has 0 bridgehead atoms. The summed E-state index contributed by atoms with van der Waals surface area (Å²) in [5, 5.41) is 15.8. The molecule has 3 aromatic heterocycles. The van der Waals surface area contributed by atoms with E-state index in [1.54, 1.807) is 28.4 Å². The van der Waals surface area contributed by atoms with Gasteiger partial charge >= 0.3 is 0 Å². The minimum absolute atomic E-state index is 0.180. The number of hydrogen-bond acceptors (Lipinski definition) is 5. The van der Waals surface area contributed by atoms with Crippen LogP contribution in [0.25, 0.3) is 27.6 Å². The van der Waals surface area contributed by atoms with Crippen molar-refractivity contribution in [3.8, 4) is 11.8 Å². The molecule has 2 N–H and O–H groups in total. The number of hydrogen-bond donors (Lipinski definition) is 1. The molecule has 1 aromatic carbocycles. The fraction of sp³-hybridized carbons (Fsp3) is 0.286. The van der Waals surface area contributed by atoms with Crippen LogP contribution < -0.4 is 5.73 Å². The maximum Gasteiger partial charge on any atom is 0.150 e. The van der Waals surface area contributed by atoms with E-state index >= 15 is 4.39 Å². The molecule has 1 atom stereocenters. The summed E-state index contributed by atoms with van der Waals surface area (Å²) in [4.78, 5) is 4.39. The average molecular weight is 425 g/mol. The second kappa shape index (κ2) is 6.97. The van der Waals surface area contributed by atoms with Gasteiger partial charge in [0.15, 0.2) is 6.23 Å². The minimum atomic E-state index is -0.399. The fourth-order valence-electron chi connectivity index (χ4n) is 4.18. The third kappa shape index (κ3) is 2.66. The van der Waals surface area contributed by atoms with Crippen molar-refractivity contribution < 1.29 is 9.13 Å². The lowest BCUT2D eigenvalue weighted by Gasteiger charge is -2.23. The fourth-order valence-corrected chi connectivity index (χ4v) is 4.34. The maximum absolute atomic E-state index is 15.1. The van der Waals surface area contributed by atoms with Gasteiger partial charge in [0.25, 0.3) is 0 Å². The summed E-state index contributed by atoms with van der Waals surface area (Å²) >= 11 is 6.09. The number of aromatic nitrogens is 4. The lowest BCUT2D eigenvalue weighted by molar-refractivity contribution is -0.0366. The zero-order valence-electron chi connectivity index (χ0n) is 16.2. The molecular formula is C21H18ClFN6O. The zero-order chi connectivity index (χ0) is 21.0. The Kier molecular flexibility index (Phi) is 4.38. The van der Waals surface area contributed by atoms with E-state index in [-0.39, 0.29) is 17.6 Å². The number of ether oxygens (including phenoxy) is 1. The van der Waals surface area contributed by atoms with Gasteiger partial charge in [-0.2, -0.15) is 10.4 Å². The highest BCUT2D eigenvalue weighted by Gasteiger charge is 2.25. The molecule has 1 aliphatic rings. The molecule has 30 heavy (non-hydrogen) atoms. The van der Waals surface area contributed by atoms with E-state index < -0.39 is 5.82 Å². The Balaban J connectivity index is 1.84. The molecule has 0 amide bonds. The highest BCUT2D eigenvalue weighted by Crippen LogP contribution is 2.37. The first-order chi connectivity index (χ1) is 14.5. The maximum atomic E-state index is 15.1. The number of nitrogens with zero attached hydrogens (tertiary/aromatic N) is 5. The van der Waals surface area contributed by atoms with Crippen LogP contribution in [0.15, 0.2) is 24.5 Å². The molecule has 1 fully saturated rings. The van der Waals surface area contributed by atoms with Crippen molar-refractivity contribution in [1.29, 1.82) is 5.26 Å². The Morgan fingerprint density at radius 1 is 1.30 bits per heavy atom. The number of nitrogens with two attached hydrogens (primary N) is 1. The molecule has 4 heterocycles. The molecule has 1 aliphatic heterocycles. The first kappa shape index (κ1) is 18.9. The number of halogens is 2. The number of rotatable bonds is 2. The Morgan fingerprint density at radius 3 is 2.87 bits per heavy atom. The van der Waals surface area contributed by atoms with Gasteiger partial charge in [-0.05, 0) is 32.3 Å². The van der Waals surface area contributed by atoms with E-state index in [9.17, 15) is 5.26 Å². The number of nitriles is 1. The third-order valence-electron chi connectivity index (χ3n) is 5.64. The van der Waals surface area contributed by atoms with Crippen LogP contribution in [-0.2, 0) is 4.74 Å². The van der Waals surface area contributed by atoms with Crippen LogP contribution in [0.5, 0.6) is 0 Å². The van der Waals surface area contributed by atoms with Crippen LogP contribution in [0.4, 0.5) is 10.2 Å². The predicted octanol–water partition coefficient (Wildman–Crippen LogP) is 4.63. The largest absolute Gasteiger partial charge is 0.384 e. The summed E-state index contributed by atoms with van der Waals surface area (Å²) < 4.78 is 24.2. The SMILES string of the molecule is Cc1c(F)cc2c(cnn2C2CCCCO2)c1-n1c(N)c(C#N)c2cc(Cl)cnc21. The van der Waals surface area contributed by atoms with E-state index in [0.717, 1.165) is 19.3 Å². The minimum Gasteiger partial charge on any atom is -0.384 e. The molecule has 9 heteroatoms. The summed E-state index contributed by atoms with van der Waals surface area (Å²) in [5.74, 6) is -0.220. The van der Waals surface area contributed by atoms with E-state index in [1.165, 1.54) is 12.3 Å². The summed E-state index contributed by atoms with van der Waals surface area (Å²) in [7, 11) is 0. The monoisotopic (exact) mass is 424 g/mol. The molecule has 152 valence electrons. The smallest absolute Gasteiger partial charge is 0.150 e. The third-order valence-corrected chi connectivity index (χ3v) is 5.85. The molecule has 0 saturated carbocycles. The van der Waals surface area contributed by atoms with Crippen molar-refractivity contribution in [2.45, 2.75) is 32.4 Å². The summed E-state index contributed by atoms with van der Waals surface area (Å²) in [6, 6.07) is 5.22. The van der Waals surface area contributed by atoms with Gasteiger partial charge in [0, 0.05) is 35.2 Å². The first-order valence-corrected chi connectivity index (χ1v) is 10.0. The van der Waals surface area contributed by atoms with Crippen molar-refractivity contribution in [3.63, 3.8) is 0 Å². The van der Waals surface area contributed by atoms with Crippen molar-refractivity contribution in [2.24, 2.45) is 0 Å². The number of fused-ring (bicyclic) bond motifs is 2. The molecule has 0 radical (unpaired) electrons. The van der Waals surface area contributed by atoms with Gasteiger partial charge in [-0.25, -0.2) is 14.1 Å². The van der Waals surface area contributed by atoms with Crippen LogP contribution in [0.3, 0.4) is 0 Å². The summed E-state index contributed by atoms with van der Waals surface area (Å²) in [6.07, 6.45) is 5.77. The topological polar surface area (TPSA) is 94.7 Å². The molecule has 1 saturated heterocycles. The van der Waals surface area contributed by atoms with Crippen LogP contribution in [0.2, 0.25) is 5.02 Å². The molecule has 1 unspecified atom stereocenters. The standard InChI is InChI=1S/C21H18ClFN6O/c1-11-16(23)7-17-15(10-27-29(17)18-4-2-3-5-30-18)19(11)28-20(25)14(8-24)13-6-12(22)9-26-21(13)28/h6-7,9-10,18H,2-5,25H2,1H3. The van der Waals surface area contributed by atoms with E-state index in [4.69, 9.17) is 22.1 Å². The predicted molar refractivity (Wildman–Crippen MR) is 112 cm³/mol. The van der Waals surface area contributed by atoms with Crippen LogP contribution in [0.1, 0.15) is 36.6 Å². The van der Waals surface area contributed by atoms with Crippen LogP contribution in [-0.4, -0.2) is 25.9 Å². The van der Waals surface area contributed by atoms with Crippen molar-refractivity contribution in [2.75, 3.05) is 12.3 Å². The highest BCUT2D eigenvalue weighted by atomic mass is 35.5. The molecule has 0 aliphatic carbocycles. The van der Waals surface area contributed by atoms with E-state index in [2.05, 4.69) is 16.2 Å². The average Bonchev–Trinajstić information content (AvgIpc) is 3.27. The van der Waals surface area contributed by atoms with E-state index in [0.29, 0.717) is 44.8 Å². The first-order valence-electron chi connectivity index (χ1n) is 9.65. The zero-order valence-corrected chi connectivity index (χ0v) is 16.9. The second-order valence-corrected chi connectivity index (χ2v) is 7.84. The Bertz CT molecular complexity index is 1350. The Hall–Kier alpha value is -3.15. The molecule has 0 spiro atoms. The lowest BCUT2D eigenvalue weighted by atomic mass is 10.1. The Morgan fingerprint density at radius 2 is 2.13 bits per heavy atom. The highest BCUT2D eigenvalue weighted by molar-refractivity contribution is 6.31. The van der Waals surface area contributed by atoms with Crippen molar-refractivity contribution in [1.82, 2.24) is 19.3 Å².